The third kappa shape index (κ3) is 24.6. The summed E-state index contributed by atoms with van der Waals surface area (Å²) in [4.78, 5) is 55.5. The van der Waals surface area contributed by atoms with Gasteiger partial charge in [0.25, 0.3) is 0 Å². The Labute approximate surface area is 568 Å². The molecule has 6 bridgehead atoms. The predicted molar refractivity (Wildman–Crippen MR) is 372 cm³/mol. The van der Waals surface area contributed by atoms with E-state index in [1.165, 1.54) is 19.3 Å². The summed E-state index contributed by atoms with van der Waals surface area (Å²) in [5.41, 5.74) is 0.894. The van der Waals surface area contributed by atoms with Crippen LogP contribution in [0.1, 0.15) is 116 Å². The van der Waals surface area contributed by atoms with Crippen molar-refractivity contribution in [3.05, 3.63) is 146 Å². The number of nitrogens with one attached hydrogen (secondary N) is 1. The number of aliphatic hydroxyl groups excluding tert-OH is 4. The molecule has 0 spiro atoms. The molecule has 21 nitrogen and oxygen atoms in total. The van der Waals surface area contributed by atoms with Gasteiger partial charge >= 0.3 is 24.0 Å². The maximum atomic E-state index is 14.3. The standard InChI is InChI=1S/C70H103NO20P4/c1-13-35-81-64(78)58-54(73)42-70(80-10)41-52-39-55(89-68(88-52)95(12)93)53(72)34-33-50-37-51(87-67(86-50)94(11)92)40-57(74)83-45(5)44(4)60(75)43(3)27-25-23-21-19-17-15-16-18-20-22-24-26-28-49(38-56(58)91-70)85-65-62(59(61(76)46(6)84-65)71-66(79)82-36-14-2)90-63(77)47-29-31-48(32-30-47)69(7,8)9/h13-32,43-46,49-56,58-62,65,67-68,72-73,75-76H,1-2,33-42,92-93H2,3-12H3,(H,71,79)/b16-15+,19-17+,20-18+,23-21+,24-22+,27-25+,28-26+/t43-,44-,45-,46+,49-,50+,51+,52-,53+,54-,55+,56?,58+,59-,60+,61+,62-,65-,67?,68?,70+,94?,95?/m0/s1. The summed E-state index contributed by atoms with van der Waals surface area (Å²) in [6.07, 6.45) is 13.7. The Kier molecular flexibility index (Phi) is 32.7. The number of esters is 3. The molecule has 0 aromatic heterocycles. The number of fused-ring (bicyclic) bond motifs is 6. The number of rotatable bonds is 13. The first-order valence-electron chi connectivity index (χ1n) is 32.5. The zero-order valence-corrected chi connectivity index (χ0v) is 60.5. The molecule has 7 unspecified atom stereocenters. The van der Waals surface area contributed by atoms with Gasteiger partial charge in [0.15, 0.2) is 30.2 Å². The average molecular weight is 1400 g/mol. The molecule has 0 saturated carbocycles. The van der Waals surface area contributed by atoms with Crippen LogP contribution in [0.3, 0.4) is 0 Å². The van der Waals surface area contributed by atoms with Crippen molar-refractivity contribution in [2.45, 2.75) is 215 Å². The number of carbonyl (C=O) groups excluding carboxylic acids is 4. The van der Waals surface area contributed by atoms with E-state index >= 15 is 0 Å². The summed E-state index contributed by atoms with van der Waals surface area (Å²) >= 11 is 0. The number of hydrogen-bond acceptors (Lipinski definition) is 20. The SMILES string of the molecule is C=CCOC(=O)N[C@H]1[C@H](O)[C@@H](C)O[C@@H](O[C@H]2/C=C/C=C/C=C/C=C/C=C/C=C/C=C/[C@H](C)[C@@H](O)[C@@H](C)[C@H](C)OC(=O)C[C@H]3C[C@@H](CC[C@@H](O)[C@H]4C[C@@H](C[C@]5(OC)C[C@H](O)[C@@H](C(=O)OCC=C)C(C2)O5)OC(P(C)P)O4)OC(P(C)P)O3)[C@H]1OC(=O)c1ccc(C(C)(C)C)cc1. The third-order valence-corrected chi connectivity index (χ3v) is 20.6. The second-order valence-electron chi connectivity index (χ2n) is 25.9. The summed E-state index contributed by atoms with van der Waals surface area (Å²) in [6, 6.07) is 4.15. The molecule has 1 aromatic rings. The van der Waals surface area contributed by atoms with Crippen molar-refractivity contribution in [3.8, 4) is 0 Å². The van der Waals surface area contributed by atoms with Crippen LogP contribution in [0.25, 0.3) is 0 Å². The van der Waals surface area contributed by atoms with Crippen molar-refractivity contribution in [1.29, 1.82) is 0 Å². The number of ether oxygens (including phenoxy) is 12. The lowest BCUT2D eigenvalue weighted by Gasteiger charge is -2.49. The van der Waals surface area contributed by atoms with Gasteiger partial charge in [0.1, 0.15) is 37.4 Å². The van der Waals surface area contributed by atoms with Gasteiger partial charge in [-0.2, -0.15) is 0 Å². The van der Waals surface area contributed by atoms with E-state index in [9.17, 15) is 39.6 Å². The summed E-state index contributed by atoms with van der Waals surface area (Å²) in [5, 5.41) is 50.2. The molecule has 25 atom stereocenters. The minimum atomic E-state index is -1.64. The molecule has 95 heavy (non-hydrogen) atoms. The van der Waals surface area contributed by atoms with E-state index in [4.69, 9.17) is 56.8 Å². The fraction of sp³-hybridized carbons (Fsp3) is 0.600. The average Bonchev–Trinajstić information content (AvgIpc) is 0.778. The Balaban J connectivity index is 1.39. The molecule has 25 heteroatoms. The lowest BCUT2D eigenvalue weighted by Crippen LogP contribution is -2.65. The minimum absolute atomic E-state index is 0.00580. The molecule has 5 aliphatic rings. The lowest BCUT2D eigenvalue weighted by molar-refractivity contribution is -0.326. The van der Waals surface area contributed by atoms with Crippen LogP contribution >= 0.6 is 33.1 Å². The molecule has 5 heterocycles. The number of methoxy groups -OCH3 is 1. The summed E-state index contributed by atoms with van der Waals surface area (Å²) in [6.45, 7) is 24.2. The van der Waals surface area contributed by atoms with Gasteiger partial charge in [0.2, 0.25) is 0 Å². The van der Waals surface area contributed by atoms with Crippen molar-refractivity contribution in [2.75, 3.05) is 33.7 Å². The van der Waals surface area contributed by atoms with E-state index in [2.05, 4.69) is 36.3 Å². The maximum Gasteiger partial charge on any atom is 0.407 e. The van der Waals surface area contributed by atoms with Gasteiger partial charge in [0.05, 0.1) is 73.0 Å². The Bertz CT molecular complexity index is 2840. The van der Waals surface area contributed by atoms with Crippen molar-refractivity contribution in [3.63, 3.8) is 0 Å². The number of hydrogen-bond donors (Lipinski definition) is 5. The Morgan fingerprint density at radius 3 is 1.87 bits per heavy atom. The number of alkyl carbamates (subject to hydrolysis) is 1. The van der Waals surface area contributed by atoms with Gasteiger partial charge in [0, 0.05) is 51.0 Å². The van der Waals surface area contributed by atoms with E-state index in [-0.39, 0.29) is 80.7 Å². The zero-order valence-electron chi connectivity index (χ0n) is 56.4. The van der Waals surface area contributed by atoms with Gasteiger partial charge < -0.3 is 82.6 Å². The molecule has 528 valence electrons. The van der Waals surface area contributed by atoms with Crippen LogP contribution in [0.15, 0.2) is 135 Å². The molecule has 1 aromatic carbocycles. The first kappa shape index (κ1) is 79.8. The van der Waals surface area contributed by atoms with Crippen LogP contribution in [0.5, 0.6) is 0 Å². The first-order chi connectivity index (χ1) is 45.2. The fourth-order valence-corrected chi connectivity index (χ4v) is 14.0. The van der Waals surface area contributed by atoms with Gasteiger partial charge in [-0.15, -0.1) is 17.9 Å². The van der Waals surface area contributed by atoms with Gasteiger partial charge in [-0.1, -0.05) is 157 Å². The Hall–Kier alpha value is -4.20. The molecule has 4 fully saturated rings. The first-order valence-corrected chi connectivity index (χ1v) is 39.5. The number of cyclic esters (lactones) is 1. The second-order valence-corrected chi connectivity index (χ2v) is 34.3. The fourth-order valence-electron chi connectivity index (χ4n) is 11.7. The number of benzene rings is 1. The zero-order chi connectivity index (χ0) is 69.6. The van der Waals surface area contributed by atoms with E-state index in [0.717, 1.165) is 5.56 Å². The van der Waals surface area contributed by atoms with Gasteiger partial charge in [-0.3, -0.25) is 9.59 Å². The minimum Gasteiger partial charge on any atom is -0.462 e. The highest BCUT2D eigenvalue weighted by Gasteiger charge is 2.54. The Morgan fingerprint density at radius 1 is 0.695 bits per heavy atom. The highest BCUT2D eigenvalue weighted by molar-refractivity contribution is 8.13. The molecule has 5 aliphatic heterocycles. The molecule has 1 amide bonds. The maximum absolute atomic E-state index is 14.3. The molecule has 4 saturated heterocycles. The van der Waals surface area contributed by atoms with Crippen LogP contribution in [0.4, 0.5) is 4.79 Å². The van der Waals surface area contributed by atoms with Crippen LogP contribution in [0.2, 0.25) is 0 Å². The van der Waals surface area contributed by atoms with Crippen molar-refractivity contribution < 1.29 is 96.4 Å². The van der Waals surface area contributed by atoms with Crippen LogP contribution in [-0.4, -0.2) is 188 Å². The number of carbonyl (C=O) groups is 4. The molecule has 5 N–H and O–H groups in total. The normalized spacial score (nSPS) is 38.1. The van der Waals surface area contributed by atoms with Crippen LogP contribution < -0.4 is 5.32 Å². The number of aliphatic hydroxyl groups is 4. The van der Waals surface area contributed by atoms with Gasteiger partial charge in [-0.25, -0.2) is 9.59 Å². The summed E-state index contributed by atoms with van der Waals surface area (Å²) in [7, 11) is 5.09. The molecular formula is C70H103NO20P4. The molecule has 6 rings (SSSR count). The smallest absolute Gasteiger partial charge is 0.407 e. The van der Waals surface area contributed by atoms with Crippen molar-refractivity contribution in [1.82, 2.24) is 5.32 Å². The van der Waals surface area contributed by atoms with Crippen LogP contribution in [0, 0.1) is 17.8 Å². The quantitative estimate of drug-likeness (QED) is 0.0531. The third-order valence-electron chi connectivity index (χ3n) is 17.3. The molecule has 0 aliphatic carbocycles. The van der Waals surface area contributed by atoms with E-state index in [1.54, 1.807) is 56.4 Å². The largest absolute Gasteiger partial charge is 0.462 e. The van der Waals surface area contributed by atoms with Gasteiger partial charge in [-0.05, 0) is 78.4 Å². The van der Waals surface area contributed by atoms with E-state index < -0.39 is 149 Å². The second kappa shape index (κ2) is 39.0. The molecular weight excluding hydrogens is 1300 g/mol. The topological polar surface area (TPSA) is 272 Å². The lowest BCUT2D eigenvalue weighted by atomic mass is 9.82. The predicted octanol–water partition coefficient (Wildman–Crippen LogP) is 10.6. The van der Waals surface area contributed by atoms with Crippen molar-refractivity contribution in [2.24, 2.45) is 17.8 Å². The van der Waals surface area contributed by atoms with Crippen LogP contribution in [-0.2, 0) is 71.8 Å². The number of allylic oxidation sites excluding steroid dienone is 12. The van der Waals surface area contributed by atoms with E-state index in [0.29, 0.717) is 12.8 Å². The monoisotopic (exact) mass is 1400 g/mol. The number of amides is 1. The Morgan fingerprint density at radius 2 is 1.27 bits per heavy atom. The highest BCUT2D eigenvalue weighted by atomic mass is 32.0. The molecule has 0 radical (unpaired) electrons. The summed E-state index contributed by atoms with van der Waals surface area (Å²) in [5.74, 6) is -5.68. The van der Waals surface area contributed by atoms with E-state index in [1.807, 2.05) is 115 Å². The van der Waals surface area contributed by atoms with Crippen molar-refractivity contribution >= 4 is 57.1 Å². The summed E-state index contributed by atoms with van der Waals surface area (Å²) < 4.78 is 75.5. The highest BCUT2D eigenvalue weighted by Crippen LogP contribution is 2.52.